The van der Waals surface area contributed by atoms with Gasteiger partial charge >= 0.3 is 0 Å². The Hall–Kier alpha value is -1.04. The molecular weight excluding hydrogens is 316 g/mol. The average molecular weight is 328 g/mol. The fourth-order valence-electron chi connectivity index (χ4n) is 2.22. The fourth-order valence-corrected chi connectivity index (χ4v) is 3.19. The number of imidazole rings is 2. The molecule has 0 saturated carbocycles. The van der Waals surface area contributed by atoms with E-state index in [9.17, 15) is 0 Å². The first-order chi connectivity index (χ1) is 8.65. The highest BCUT2D eigenvalue weighted by Gasteiger charge is 2.17. The number of hydrogen-bond donors (Lipinski definition) is 1. The molecule has 0 aliphatic rings. The lowest BCUT2D eigenvalue weighted by atomic mass is 10.3. The van der Waals surface area contributed by atoms with Gasteiger partial charge in [-0.15, -0.1) is 0 Å². The number of para-hydroxylation sites is 1. The number of fused-ring (bicyclic) bond motifs is 3. The van der Waals surface area contributed by atoms with Gasteiger partial charge in [0, 0.05) is 13.6 Å². The van der Waals surface area contributed by atoms with Gasteiger partial charge in [-0.2, -0.15) is 0 Å². The molecule has 0 saturated heterocycles. The Bertz CT molecular complexity index is 744. The first kappa shape index (κ1) is 12.0. The van der Waals surface area contributed by atoms with Gasteiger partial charge in [0.1, 0.15) is 10.1 Å². The molecule has 0 amide bonds. The third-order valence-electron chi connectivity index (χ3n) is 3.10. The smallest absolute Gasteiger partial charge is 0.215 e. The van der Waals surface area contributed by atoms with Crippen molar-refractivity contribution < 1.29 is 0 Å². The molecule has 0 fully saturated rings. The van der Waals surface area contributed by atoms with Crippen LogP contribution in [0.15, 0.2) is 22.8 Å². The second-order valence-corrected chi connectivity index (χ2v) is 5.34. The van der Waals surface area contributed by atoms with E-state index in [1.165, 1.54) is 0 Å². The summed E-state index contributed by atoms with van der Waals surface area (Å²) in [5.74, 6) is 0.884. The number of aromatic nitrogens is 3. The summed E-state index contributed by atoms with van der Waals surface area (Å²) in [5.41, 5.74) is 3.01. The van der Waals surface area contributed by atoms with E-state index in [4.69, 9.17) is 11.6 Å². The van der Waals surface area contributed by atoms with Crippen molar-refractivity contribution in [3.05, 3.63) is 33.5 Å². The summed E-state index contributed by atoms with van der Waals surface area (Å²) in [5, 5.41) is 3.84. The molecular formula is C12H12BrClN4. The van der Waals surface area contributed by atoms with E-state index >= 15 is 0 Å². The molecule has 0 unspecified atom stereocenters. The Morgan fingerprint density at radius 2 is 2.22 bits per heavy atom. The fraction of sp³-hybridized carbons (Fsp3) is 0.250. The Morgan fingerprint density at radius 1 is 1.44 bits per heavy atom. The van der Waals surface area contributed by atoms with Crippen molar-refractivity contribution in [1.29, 1.82) is 0 Å². The lowest BCUT2D eigenvalue weighted by Crippen LogP contribution is -2.09. The van der Waals surface area contributed by atoms with Crippen LogP contribution in [0, 0.1) is 0 Å². The molecule has 0 aliphatic carbocycles. The number of hydrogen-bond acceptors (Lipinski definition) is 2. The maximum absolute atomic E-state index is 6.18. The summed E-state index contributed by atoms with van der Waals surface area (Å²) in [4.78, 5) is 4.61. The number of halogens is 2. The number of nitrogens with one attached hydrogen (secondary N) is 1. The van der Waals surface area contributed by atoms with E-state index in [1.807, 2.05) is 32.3 Å². The van der Waals surface area contributed by atoms with Crippen molar-refractivity contribution in [3.63, 3.8) is 0 Å². The average Bonchev–Trinajstić information content (AvgIpc) is 2.84. The summed E-state index contributed by atoms with van der Waals surface area (Å²) >= 11 is 9.83. The standard InChI is InChI=1S/C12H12BrClN4/c1-15-6-9-11(13)18-8-5-3-4-7(14)10(8)16-12(18)17(9)2/h3-5,15H,6H2,1-2H3. The van der Waals surface area contributed by atoms with Gasteiger partial charge in [-0.25, -0.2) is 4.98 Å². The van der Waals surface area contributed by atoms with Crippen LogP contribution in [0.4, 0.5) is 0 Å². The summed E-state index contributed by atoms with van der Waals surface area (Å²) in [6.07, 6.45) is 0. The van der Waals surface area contributed by atoms with Gasteiger partial charge < -0.3 is 9.88 Å². The van der Waals surface area contributed by atoms with Crippen LogP contribution in [0.5, 0.6) is 0 Å². The zero-order valence-electron chi connectivity index (χ0n) is 10.0. The summed E-state index contributed by atoms with van der Waals surface area (Å²) < 4.78 is 5.16. The quantitative estimate of drug-likeness (QED) is 0.785. The minimum Gasteiger partial charge on any atom is -0.315 e. The minimum absolute atomic E-state index is 0.679. The lowest BCUT2D eigenvalue weighted by molar-refractivity contribution is 0.738. The highest BCUT2D eigenvalue weighted by molar-refractivity contribution is 9.10. The van der Waals surface area contributed by atoms with E-state index < -0.39 is 0 Å². The molecule has 0 aliphatic heterocycles. The van der Waals surface area contributed by atoms with Crippen molar-refractivity contribution in [2.45, 2.75) is 6.54 Å². The van der Waals surface area contributed by atoms with Crippen LogP contribution in [0.3, 0.4) is 0 Å². The second kappa shape index (κ2) is 4.26. The lowest BCUT2D eigenvalue weighted by Gasteiger charge is -2.02. The first-order valence-corrected chi connectivity index (χ1v) is 6.76. The predicted octanol–water partition coefficient (Wildman–Crippen LogP) is 2.96. The van der Waals surface area contributed by atoms with Crippen LogP contribution >= 0.6 is 27.5 Å². The predicted molar refractivity (Wildman–Crippen MR) is 77.1 cm³/mol. The largest absolute Gasteiger partial charge is 0.315 e. The SMILES string of the molecule is CNCc1c(Br)n2c3cccc(Cl)c3nc2n1C. The molecule has 0 spiro atoms. The molecule has 1 aromatic carbocycles. The topological polar surface area (TPSA) is 34.3 Å². The number of nitrogens with zero attached hydrogens (tertiary/aromatic N) is 3. The van der Waals surface area contributed by atoms with Crippen LogP contribution in [0.1, 0.15) is 5.69 Å². The Balaban J connectivity index is 2.45. The van der Waals surface area contributed by atoms with E-state index in [0.29, 0.717) is 5.02 Å². The molecule has 94 valence electrons. The molecule has 2 heterocycles. The molecule has 0 atom stereocenters. The van der Waals surface area contributed by atoms with Crippen molar-refractivity contribution in [2.75, 3.05) is 7.05 Å². The molecule has 18 heavy (non-hydrogen) atoms. The van der Waals surface area contributed by atoms with Crippen LogP contribution < -0.4 is 5.32 Å². The summed E-state index contributed by atoms with van der Waals surface area (Å²) in [6.45, 7) is 0.780. The van der Waals surface area contributed by atoms with E-state index in [0.717, 1.165) is 33.7 Å². The van der Waals surface area contributed by atoms with Crippen molar-refractivity contribution in [1.82, 2.24) is 19.3 Å². The van der Waals surface area contributed by atoms with E-state index in [1.54, 1.807) is 0 Å². The number of benzene rings is 1. The van der Waals surface area contributed by atoms with Crippen molar-refractivity contribution in [3.8, 4) is 0 Å². The van der Waals surface area contributed by atoms with Gasteiger partial charge in [0.2, 0.25) is 5.78 Å². The zero-order chi connectivity index (χ0) is 12.9. The molecule has 6 heteroatoms. The van der Waals surface area contributed by atoms with Crippen molar-refractivity contribution in [2.24, 2.45) is 7.05 Å². The highest BCUT2D eigenvalue weighted by atomic mass is 79.9. The maximum Gasteiger partial charge on any atom is 0.215 e. The van der Waals surface area contributed by atoms with Crippen LogP contribution in [0.25, 0.3) is 16.8 Å². The van der Waals surface area contributed by atoms with Gasteiger partial charge in [-0.1, -0.05) is 17.7 Å². The van der Waals surface area contributed by atoms with Gasteiger partial charge in [0.05, 0.1) is 16.2 Å². The third kappa shape index (κ3) is 1.51. The molecule has 3 rings (SSSR count). The first-order valence-electron chi connectivity index (χ1n) is 5.59. The van der Waals surface area contributed by atoms with Crippen LogP contribution in [0.2, 0.25) is 5.02 Å². The van der Waals surface area contributed by atoms with E-state index in [-0.39, 0.29) is 0 Å². The number of aryl methyl sites for hydroxylation is 1. The molecule has 3 aromatic rings. The molecule has 4 nitrogen and oxygen atoms in total. The van der Waals surface area contributed by atoms with Crippen molar-refractivity contribution >= 4 is 44.3 Å². The Labute approximate surface area is 118 Å². The molecule has 1 N–H and O–H groups in total. The Morgan fingerprint density at radius 3 is 2.94 bits per heavy atom. The minimum atomic E-state index is 0.679. The maximum atomic E-state index is 6.18. The molecule has 0 bridgehead atoms. The van der Waals surface area contributed by atoms with Gasteiger partial charge in [0.15, 0.2) is 0 Å². The highest BCUT2D eigenvalue weighted by Crippen LogP contribution is 2.30. The summed E-state index contributed by atoms with van der Waals surface area (Å²) in [7, 11) is 3.93. The monoisotopic (exact) mass is 326 g/mol. The molecule has 0 radical (unpaired) electrons. The Kier molecular flexibility index (Phi) is 2.84. The number of rotatable bonds is 2. The van der Waals surface area contributed by atoms with Crippen LogP contribution in [-0.2, 0) is 13.6 Å². The van der Waals surface area contributed by atoms with Gasteiger partial charge in [0.25, 0.3) is 0 Å². The second-order valence-electron chi connectivity index (χ2n) is 4.18. The zero-order valence-corrected chi connectivity index (χ0v) is 12.4. The third-order valence-corrected chi connectivity index (χ3v) is 4.22. The summed E-state index contributed by atoms with van der Waals surface area (Å²) in [6, 6.07) is 5.82. The van der Waals surface area contributed by atoms with E-state index in [2.05, 4.69) is 35.2 Å². The normalized spacial score (nSPS) is 11.8. The van der Waals surface area contributed by atoms with Crippen LogP contribution in [-0.4, -0.2) is 21.0 Å². The van der Waals surface area contributed by atoms with Gasteiger partial charge in [-0.3, -0.25) is 4.40 Å². The molecule has 2 aromatic heterocycles. The van der Waals surface area contributed by atoms with Gasteiger partial charge in [-0.05, 0) is 35.1 Å².